The molecule has 7 nitrogen and oxygen atoms in total. The molecular weight excluding hydrogens is 270 g/mol. The Morgan fingerprint density at radius 3 is 2.84 bits per heavy atom. The van der Waals surface area contributed by atoms with E-state index < -0.39 is 5.97 Å². The van der Waals surface area contributed by atoms with Crippen LogP contribution in [0, 0.1) is 0 Å². The highest BCUT2D eigenvalue weighted by Crippen LogP contribution is 2.47. The molecule has 0 unspecified atom stereocenters. The van der Waals surface area contributed by atoms with E-state index in [0.29, 0.717) is 25.8 Å². The Labute approximate surface area is 114 Å². The summed E-state index contributed by atoms with van der Waals surface area (Å²) in [7, 11) is 0. The molecular formula is C11H15N3O4S. The summed E-state index contributed by atoms with van der Waals surface area (Å²) in [6.07, 6.45) is 1.68. The van der Waals surface area contributed by atoms with E-state index in [1.165, 1.54) is 23.6 Å². The fourth-order valence-electron chi connectivity index (χ4n) is 2.03. The highest BCUT2D eigenvalue weighted by molar-refractivity contribution is 8.04. The van der Waals surface area contributed by atoms with E-state index in [4.69, 9.17) is 5.11 Å². The predicted octanol–water partition coefficient (Wildman–Crippen LogP) is 0.00870. The standard InChI is InChI=1S/C11H15N3O4S/c1-6(15)13-12-4-2-3-7-10(11(17)18)14-8(16)5-9(14)19-7/h9,12H,2-5H2,1H3,(H,13,15)(H,17,18)/t9-/m0/s1. The molecule has 0 bridgehead atoms. The van der Waals surface area contributed by atoms with Crippen molar-refractivity contribution in [3.8, 4) is 0 Å². The number of carboxylic acid groups (broad SMARTS) is 1. The summed E-state index contributed by atoms with van der Waals surface area (Å²) in [5, 5.41) is 9.13. The van der Waals surface area contributed by atoms with Gasteiger partial charge in [0.1, 0.15) is 5.70 Å². The predicted molar refractivity (Wildman–Crippen MR) is 68.6 cm³/mol. The van der Waals surface area contributed by atoms with Crippen molar-refractivity contribution in [2.75, 3.05) is 6.54 Å². The van der Waals surface area contributed by atoms with Gasteiger partial charge >= 0.3 is 5.97 Å². The van der Waals surface area contributed by atoms with Crippen molar-refractivity contribution in [1.29, 1.82) is 0 Å². The number of nitrogens with one attached hydrogen (secondary N) is 2. The molecule has 2 rings (SSSR count). The molecule has 19 heavy (non-hydrogen) atoms. The van der Waals surface area contributed by atoms with Gasteiger partial charge in [0.25, 0.3) is 0 Å². The van der Waals surface area contributed by atoms with Crippen LogP contribution in [0.3, 0.4) is 0 Å². The number of rotatable bonds is 6. The number of allylic oxidation sites excluding steroid dienone is 1. The quantitative estimate of drug-likeness (QED) is 0.361. The zero-order valence-corrected chi connectivity index (χ0v) is 11.2. The summed E-state index contributed by atoms with van der Waals surface area (Å²) in [6, 6.07) is 0. The van der Waals surface area contributed by atoms with Crippen LogP contribution in [0.5, 0.6) is 0 Å². The molecule has 2 aliphatic rings. The molecule has 0 aromatic heterocycles. The van der Waals surface area contributed by atoms with E-state index in [-0.39, 0.29) is 22.9 Å². The van der Waals surface area contributed by atoms with Gasteiger partial charge in [-0.25, -0.2) is 10.2 Å². The van der Waals surface area contributed by atoms with E-state index in [0.717, 1.165) is 4.91 Å². The fraction of sp³-hybridized carbons (Fsp3) is 0.545. The summed E-state index contributed by atoms with van der Waals surface area (Å²) in [6.45, 7) is 1.95. The Morgan fingerprint density at radius 2 is 2.26 bits per heavy atom. The third kappa shape index (κ3) is 2.90. The first-order valence-electron chi connectivity index (χ1n) is 5.95. The highest BCUT2D eigenvalue weighted by Gasteiger charge is 2.47. The van der Waals surface area contributed by atoms with Gasteiger partial charge in [-0.15, -0.1) is 11.8 Å². The number of aliphatic carboxylic acids is 1. The van der Waals surface area contributed by atoms with Gasteiger partial charge in [0.2, 0.25) is 11.8 Å². The summed E-state index contributed by atoms with van der Waals surface area (Å²) in [4.78, 5) is 35.3. The average molecular weight is 285 g/mol. The van der Waals surface area contributed by atoms with E-state index in [9.17, 15) is 14.4 Å². The largest absolute Gasteiger partial charge is 0.477 e. The Bertz CT molecular complexity index is 463. The zero-order chi connectivity index (χ0) is 14.0. The van der Waals surface area contributed by atoms with Crippen LogP contribution in [0.2, 0.25) is 0 Å². The average Bonchev–Trinajstić information content (AvgIpc) is 2.61. The smallest absolute Gasteiger partial charge is 0.353 e. The van der Waals surface area contributed by atoms with Gasteiger partial charge in [-0.2, -0.15) is 0 Å². The van der Waals surface area contributed by atoms with Crippen molar-refractivity contribution in [3.05, 3.63) is 10.6 Å². The SMILES string of the molecule is CC(=O)NNCCCC1=C(C(=O)O)N2C(=O)C[C@@H]2S1. The molecule has 0 aliphatic carbocycles. The second-order valence-electron chi connectivity index (χ2n) is 4.33. The van der Waals surface area contributed by atoms with E-state index in [1.807, 2.05) is 0 Å². The number of carbonyl (C=O) groups excluding carboxylic acids is 2. The highest BCUT2D eigenvalue weighted by atomic mass is 32.2. The first-order chi connectivity index (χ1) is 9.00. The summed E-state index contributed by atoms with van der Waals surface area (Å²) in [5.74, 6) is -1.34. The second-order valence-corrected chi connectivity index (χ2v) is 5.60. The first kappa shape index (κ1) is 13.9. The Hall–Kier alpha value is -1.54. The zero-order valence-electron chi connectivity index (χ0n) is 10.4. The Balaban J connectivity index is 1.87. The van der Waals surface area contributed by atoms with Gasteiger partial charge in [0, 0.05) is 18.4 Å². The maximum absolute atomic E-state index is 11.4. The van der Waals surface area contributed by atoms with Crippen molar-refractivity contribution < 1.29 is 19.5 Å². The molecule has 0 saturated carbocycles. The Morgan fingerprint density at radius 1 is 1.53 bits per heavy atom. The van der Waals surface area contributed by atoms with Crippen LogP contribution in [-0.2, 0) is 14.4 Å². The van der Waals surface area contributed by atoms with Gasteiger partial charge in [-0.1, -0.05) is 0 Å². The molecule has 0 aromatic carbocycles. The number of carboxylic acids is 1. The molecule has 8 heteroatoms. The second kappa shape index (κ2) is 5.62. The van der Waals surface area contributed by atoms with Crippen molar-refractivity contribution in [2.24, 2.45) is 0 Å². The number of fused-ring (bicyclic) bond motifs is 1. The summed E-state index contributed by atoms with van der Waals surface area (Å²) < 4.78 is 0. The minimum Gasteiger partial charge on any atom is -0.477 e. The van der Waals surface area contributed by atoms with Gasteiger partial charge < -0.3 is 5.11 Å². The number of carbonyl (C=O) groups is 3. The molecule has 2 amide bonds. The minimum atomic E-state index is -1.05. The summed E-state index contributed by atoms with van der Waals surface area (Å²) >= 11 is 1.45. The number of nitrogens with zero attached hydrogens (tertiary/aromatic N) is 1. The number of hydrogen-bond acceptors (Lipinski definition) is 5. The van der Waals surface area contributed by atoms with Crippen molar-refractivity contribution in [3.63, 3.8) is 0 Å². The number of amides is 2. The first-order valence-corrected chi connectivity index (χ1v) is 6.83. The molecule has 0 aromatic rings. The number of β-lactam (4-membered cyclic amide) rings is 1. The van der Waals surface area contributed by atoms with Crippen molar-refractivity contribution in [1.82, 2.24) is 15.8 Å². The topological polar surface area (TPSA) is 98.7 Å². The number of thioether (sulfide) groups is 1. The lowest BCUT2D eigenvalue weighted by atomic mass is 10.1. The van der Waals surface area contributed by atoms with Crippen LogP contribution in [-0.4, -0.2) is 39.7 Å². The number of hydrogen-bond donors (Lipinski definition) is 3. The third-order valence-electron chi connectivity index (χ3n) is 2.86. The molecule has 1 atom stereocenters. The van der Waals surface area contributed by atoms with Gasteiger partial charge in [-0.3, -0.25) is 19.9 Å². The molecule has 1 fully saturated rings. The van der Waals surface area contributed by atoms with Gasteiger partial charge in [-0.05, 0) is 12.8 Å². The fourth-order valence-corrected chi connectivity index (χ4v) is 3.47. The van der Waals surface area contributed by atoms with E-state index in [1.54, 1.807) is 0 Å². The Kier molecular flexibility index (Phi) is 4.11. The van der Waals surface area contributed by atoms with Crippen molar-refractivity contribution in [2.45, 2.75) is 31.6 Å². The normalized spacial score (nSPS) is 21.2. The number of hydrazine groups is 1. The van der Waals surface area contributed by atoms with Gasteiger partial charge in [0.15, 0.2) is 0 Å². The summed E-state index contributed by atoms with van der Waals surface area (Å²) in [5.41, 5.74) is 5.32. The van der Waals surface area contributed by atoms with E-state index in [2.05, 4.69) is 10.9 Å². The lowest BCUT2D eigenvalue weighted by Gasteiger charge is -2.33. The molecule has 104 valence electrons. The molecule has 2 heterocycles. The van der Waals surface area contributed by atoms with Crippen LogP contribution >= 0.6 is 11.8 Å². The molecule has 3 N–H and O–H groups in total. The van der Waals surface area contributed by atoms with Crippen LogP contribution < -0.4 is 10.9 Å². The minimum absolute atomic E-state index is 0.0306. The molecule has 0 radical (unpaired) electrons. The third-order valence-corrected chi connectivity index (χ3v) is 4.19. The molecule has 0 spiro atoms. The maximum atomic E-state index is 11.4. The van der Waals surface area contributed by atoms with Crippen molar-refractivity contribution >= 4 is 29.5 Å². The monoisotopic (exact) mass is 285 g/mol. The maximum Gasteiger partial charge on any atom is 0.353 e. The van der Waals surface area contributed by atoms with Crippen LogP contribution in [0.25, 0.3) is 0 Å². The van der Waals surface area contributed by atoms with Gasteiger partial charge in [0.05, 0.1) is 11.8 Å². The van der Waals surface area contributed by atoms with Crippen LogP contribution in [0.4, 0.5) is 0 Å². The molecule has 2 aliphatic heterocycles. The van der Waals surface area contributed by atoms with Crippen LogP contribution in [0.15, 0.2) is 10.6 Å². The molecule has 1 saturated heterocycles. The lowest BCUT2D eigenvalue weighted by molar-refractivity contribution is -0.145. The van der Waals surface area contributed by atoms with Crippen LogP contribution in [0.1, 0.15) is 26.2 Å². The lowest BCUT2D eigenvalue weighted by Crippen LogP contribution is -2.48. The van der Waals surface area contributed by atoms with E-state index >= 15 is 0 Å².